The molecule has 1 N–H and O–H groups in total. The van der Waals surface area contributed by atoms with Crippen LogP contribution in [0.3, 0.4) is 0 Å². The summed E-state index contributed by atoms with van der Waals surface area (Å²) in [4.78, 5) is 0. The van der Waals surface area contributed by atoms with Crippen LogP contribution in [-0.4, -0.2) is 6.54 Å². The van der Waals surface area contributed by atoms with Crippen molar-refractivity contribution >= 4 is 0 Å². The number of hydrogen-bond acceptors (Lipinski definition) is 1. The summed E-state index contributed by atoms with van der Waals surface area (Å²) >= 11 is 0. The zero-order chi connectivity index (χ0) is 13.4. The van der Waals surface area contributed by atoms with E-state index in [1.165, 1.54) is 37.7 Å². The lowest BCUT2D eigenvalue weighted by Crippen LogP contribution is -2.15. The highest BCUT2D eigenvalue weighted by atomic mass is 19.1. The smallest absolute Gasteiger partial charge is 0.129 e. The number of benzene rings is 1. The molecule has 0 atom stereocenters. The SMILES string of the molecule is CCCCCCCNCc1cc(C)c(F)c(C)c1. The first-order valence-corrected chi connectivity index (χ1v) is 7.11. The van der Waals surface area contributed by atoms with Gasteiger partial charge in [-0.25, -0.2) is 4.39 Å². The van der Waals surface area contributed by atoms with Gasteiger partial charge in [0, 0.05) is 6.54 Å². The van der Waals surface area contributed by atoms with E-state index in [1.54, 1.807) is 0 Å². The summed E-state index contributed by atoms with van der Waals surface area (Å²) in [6.45, 7) is 7.79. The highest BCUT2D eigenvalue weighted by Gasteiger charge is 2.03. The molecule has 102 valence electrons. The van der Waals surface area contributed by atoms with Crippen LogP contribution >= 0.6 is 0 Å². The summed E-state index contributed by atoms with van der Waals surface area (Å²) in [5.74, 6) is -0.0710. The lowest BCUT2D eigenvalue weighted by molar-refractivity contribution is 0.580. The van der Waals surface area contributed by atoms with E-state index in [9.17, 15) is 4.39 Å². The average Bonchev–Trinajstić information content (AvgIpc) is 2.34. The summed E-state index contributed by atoms with van der Waals surface area (Å²) in [6.07, 6.45) is 6.52. The van der Waals surface area contributed by atoms with E-state index in [0.29, 0.717) is 0 Å². The highest BCUT2D eigenvalue weighted by Crippen LogP contribution is 2.14. The Kier molecular flexibility index (Phi) is 6.96. The van der Waals surface area contributed by atoms with Crippen LogP contribution in [0, 0.1) is 19.7 Å². The van der Waals surface area contributed by atoms with Gasteiger partial charge < -0.3 is 5.32 Å². The number of unbranched alkanes of at least 4 members (excludes halogenated alkanes) is 4. The Hall–Kier alpha value is -0.890. The van der Waals surface area contributed by atoms with E-state index in [0.717, 1.165) is 24.2 Å². The van der Waals surface area contributed by atoms with Gasteiger partial charge in [-0.15, -0.1) is 0 Å². The Labute approximate surface area is 111 Å². The van der Waals surface area contributed by atoms with Crippen molar-refractivity contribution in [2.75, 3.05) is 6.54 Å². The number of rotatable bonds is 8. The number of aryl methyl sites for hydroxylation is 2. The minimum absolute atomic E-state index is 0.0710. The van der Waals surface area contributed by atoms with Crippen LogP contribution in [0.15, 0.2) is 12.1 Å². The molecular weight excluding hydrogens is 225 g/mol. The van der Waals surface area contributed by atoms with E-state index in [1.807, 2.05) is 26.0 Å². The number of halogens is 1. The van der Waals surface area contributed by atoms with Crippen LogP contribution in [0.1, 0.15) is 55.7 Å². The topological polar surface area (TPSA) is 12.0 Å². The van der Waals surface area contributed by atoms with Crippen molar-refractivity contribution in [1.82, 2.24) is 5.32 Å². The van der Waals surface area contributed by atoms with Crippen LogP contribution < -0.4 is 5.32 Å². The maximum Gasteiger partial charge on any atom is 0.129 e. The Morgan fingerprint density at radius 2 is 1.61 bits per heavy atom. The standard InChI is InChI=1S/C16H26FN/c1-4-5-6-7-8-9-18-12-15-10-13(2)16(17)14(3)11-15/h10-11,18H,4-9,12H2,1-3H3. The van der Waals surface area contributed by atoms with Crippen LogP contribution in [-0.2, 0) is 6.54 Å². The van der Waals surface area contributed by atoms with Gasteiger partial charge >= 0.3 is 0 Å². The fourth-order valence-corrected chi connectivity index (χ4v) is 2.22. The Morgan fingerprint density at radius 3 is 2.22 bits per heavy atom. The molecule has 0 heterocycles. The van der Waals surface area contributed by atoms with Gasteiger partial charge in [-0.05, 0) is 43.5 Å². The molecule has 0 spiro atoms. The van der Waals surface area contributed by atoms with Crippen molar-refractivity contribution in [2.45, 2.75) is 59.4 Å². The molecule has 0 saturated heterocycles. The Morgan fingerprint density at radius 1 is 1.00 bits per heavy atom. The molecule has 0 radical (unpaired) electrons. The largest absolute Gasteiger partial charge is 0.313 e. The van der Waals surface area contributed by atoms with Gasteiger partial charge in [0.1, 0.15) is 5.82 Å². The fraction of sp³-hybridized carbons (Fsp3) is 0.625. The summed E-state index contributed by atoms with van der Waals surface area (Å²) in [5.41, 5.74) is 2.67. The summed E-state index contributed by atoms with van der Waals surface area (Å²) in [7, 11) is 0. The molecule has 0 amide bonds. The minimum atomic E-state index is -0.0710. The zero-order valence-electron chi connectivity index (χ0n) is 12.0. The second-order valence-corrected chi connectivity index (χ2v) is 5.13. The lowest BCUT2D eigenvalue weighted by atomic mass is 10.1. The molecule has 1 nitrogen and oxygen atoms in total. The van der Waals surface area contributed by atoms with Crippen molar-refractivity contribution in [3.8, 4) is 0 Å². The Balaban J connectivity index is 2.23. The molecule has 0 bridgehead atoms. The predicted molar refractivity (Wildman–Crippen MR) is 76.3 cm³/mol. The van der Waals surface area contributed by atoms with Crippen LogP contribution in [0.5, 0.6) is 0 Å². The van der Waals surface area contributed by atoms with E-state index in [4.69, 9.17) is 0 Å². The van der Waals surface area contributed by atoms with Crippen LogP contribution in [0.4, 0.5) is 4.39 Å². The molecule has 0 aliphatic rings. The van der Waals surface area contributed by atoms with Gasteiger partial charge in [0.05, 0.1) is 0 Å². The molecule has 0 fully saturated rings. The van der Waals surface area contributed by atoms with Crippen molar-refractivity contribution in [1.29, 1.82) is 0 Å². The number of hydrogen-bond donors (Lipinski definition) is 1. The van der Waals surface area contributed by atoms with Crippen LogP contribution in [0.25, 0.3) is 0 Å². The summed E-state index contributed by atoms with van der Waals surface area (Å²) < 4.78 is 13.5. The van der Waals surface area contributed by atoms with Crippen molar-refractivity contribution in [3.63, 3.8) is 0 Å². The molecule has 0 saturated carbocycles. The molecule has 0 aliphatic heterocycles. The van der Waals surface area contributed by atoms with Crippen molar-refractivity contribution in [3.05, 3.63) is 34.6 Å². The van der Waals surface area contributed by atoms with Crippen LogP contribution in [0.2, 0.25) is 0 Å². The molecule has 1 aromatic rings. The molecule has 0 unspecified atom stereocenters. The molecular formula is C16H26FN. The first-order valence-electron chi connectivity index (χ1n) is 7.11. The van der Waals surface area contributed by atoms with Gasteiger partial charge in [0.25, 0.3) is 0 Å². The van der Waals surface area contributed by atoms with Gasteiger partial charge in [-0.3, -0.25) is 0 Å². The first-order chi connectivity index (χ1) is 8.65. The van der Waals surface area contributed by atoms with Gasteiger partial charge in [0.2, 0.25) is 0 Å². The lowest BCUT2D eigenvalue weighted by Gasteiger charge is -2.08. The number of nitrogens with one attached hydrogen (secondary N) is 1. The van der Waals surface area contributed by atoms with E-state index < -0.39 is 0 Å². The van der Waals surface area contributed by atoms with E-state index in [2.05, 4.69) is 12.2 Å². The third-order valence-corrected chi connectivity index (χ3v) is 3.28. The first kappa shape index (κ1) is 15.2. The third kappa shape index (κ3) is 5.18. The average molecular weight is 251 g/mol. The van der Waals surface area contributed by atoms with Gasteiger partial charge in [0.15, 0.2) is 0 Å². The van der Waals surface area contributed by atoms with Gasteiger partial charge in [-0.1, -0.05) is 44.7 Å². The second-order valence-electron chi connectivity index (χ2n) is 5.13. The maximum atomic E-state index is 13.5. The molecule has 1 rings (SSSR count). The Bertz CT molecular complexity index is 337. The highest BCUT2D eigenvalue weighted by molar-refractivity contribution is 5.30. The maximum absolute atomic E-state index is 13.5. The van der Waals surface area contributed by atoms with Gasteiger partial charge in [-0.2, -0.15) is 0 Å². The molecule has 1 aromatic carbocycles. The summed E-state index contributed by atoms with van der Waals surface area (Å²) in [5, 5.41) is 3.43. The molecule has 0 aliphatic carbocycles. The zero-order valence-corrected chi connectivity index (χ0v) is 12.0. The fourth-order valence-electron chi connectivity index (χ4n) is 2.22. The normalized spacial score (nSPS) is 10.9. The van der Waals surface area contributed by atoms with Crippen molar-refractivity contribution in [2.24, 2.45) is 0 Å². The van der Waals surface area contributed by atoms with E-state index in [-0.39, 0.29) is 5.82 Å². The van der Waals surface area contributed by atoms with E-state index >= 15 is 0 Å². The quantitative estimate of drug-likeness (QED) is 0.671. The predicted octanol–water partition coefficient (Wildman–Crippen LogP) is 4.50. The third-order valence-electron chi connectivity index (χ3n) is 3.28. The molecule has 2 heteroatoms. The monoisotopic (exact) mass is 251 g/mol. The summed E-state index contributed by atoms with van der Waals surface area (Å²) in [6, 6.07) is 3.87. The molecule has 0 aromatic heterocycles. The second kappa shape index (κ2) is 8.25. The van der Waals surface area contributed by atoms with Crippen molar-refractivity contribution < 1.29 is 4.39 Å². The minimum Gasteiger partial charge on any atom is -0.313 e. The molecule has 18 heavy (non-hydrogen) atoms.